The lowest BCUT2D eigenvalue weighted by molar-refractivity contribution is 0.112. The molecule has 2 saturated heterocycles. The van der Waals surface area contributed by atoms with Crippen molar-refractivity contribution in [2.75, 3.05) is 24.7 Å². The lowest BCUT2D eigenvalue weighted by atomic mass is 9.82. The lowest BCUT2D eigenvalue weighted by Crippen LogP contribution is -2.39. The normalized spacial score (nSPS) is 22.8. The van der Waals surface area contributed by atoms with Gasteiger partial charge in [0, 0.05) is 18.2 Å². The molecular formula is C32H34N6O2. The monoisotopic (exact) mass is 534 g/mol. The standard InChI is InChI=1S/C32H34N6O2/c39-32-36-28-9-4-8-25(31(28)37-32)22-11-12-35-24(14-22)15-23-16-27(30-10-5-13-40-30)29(38-19-33-18-34-20-38)17-26(23)21-6-2-1-3-7-21/h1-4,6-9,16-19,22,24,30,35H,5,10-15,20H2,(H2,36,37,39). The minimum Gasteiger partial charge on any atom is -0.373 e. The van der Waals surface area contributed by atoms with E-state index in [1.165, 1.54) is 27.8 Å². The Labute approximate surface area is 233 Å². The van der Waals surface area contributed by atoms with Crippen LogP contribution in [-0.4, -0.2) is 48.5 Å². The first-order valence-corrected chi connectivity index (χ1v) is 14.3. The first-order chi connectivity index (χ1) is 19.7. The maximum Gasteiger partial charge on any atom is 0.323 e. The SMILES string of the molecule is O=c1[nH]c2cccc(C3CCNC(Cc4cc(C5CCCO5)c(N5C=NC=NC5)cc4-c4ccccc4)C3)c2[nH]1. The number of imidazole rings is 1. The van der Waals surface area contributed by atoms with Gasteiger partial charge >= 0.3 is 5.69 Å². The highest BCUT2D eigenvalue weighted by Crippen LogP contribution is 2.41. The highest BCUT2D eigenvalue weighted by molar-refractivity contribution is 5.89. The van der Waals surface area contributed by atoms with Crippen LogP contribution >= 0.6 is 0 Å². The fourth-order valence-corrected chi connectivity index (χ4v) is 6.62. The number of ether oxygens (including phenoxy) is 1. The van der Waals surface area contributed by atoms with E-state index in [2.05, 4.69) is 78.7 Å². The summed E-state index contributed by atoms with van der Waals surface area (Å²) in [4.78, 5) is 28.8. The van der Waals surface area contributed by atoms with Crippen LogP contribution in [0.4, 0.5) is 5.69 Å². The molecule has 3 aliphatic rings. The number of rotatable bonds is 6. The highest BCUT2D eigenvalue weighted by Gasteiger charge is 2.29. The van der Waals surface area contributed by atoms with Crippen molar-refractivity contribution in [2.24, 2.45) is 9.98 Å². The number of aliphatic imine (C=N–C) groups is 2. The molecule has 8 nitrogen and oxygen atoms in total. The van der Waals surface area contributed by atoms with Crippen molar-refractivity contribution in [3.63, 3.8) is 0 Å². The molecule has 3 aromatic carbocycles. The number of nitrogens with zero attached hydrogens (tertiary/aromatic N) is 3. The van der Waals surface area contributed by atoms with Gasteiger partial charge in [-0.1, -0.05) is 48.5 Å². The fraction of sp³-hybridized carbons (Fsp3) is 0.344. The average Bonchev–Trinajstić information content (AvgIpc) is 3.67. The van der Waals surface area contributed by atoms with Gasteiger partial charge in [-0.3, -0.25) is 4.99 Å². The van der Waals surface area contributed by atoms with Crippen LogP contribution in [0.1, 0.15) is 54.4 Å². The molecule has 3 aliphatic heterocycles. The van der Waals surface area contributed by atoms with Gasteiger partial charge in [-0.2, -0.15) is 0 Å². The Bertz CT molecular complexity index is 1620. The van der Waals surface area contributed by atoms with Crippen LogP contribution < -0.4 is 15.9 Å². The quantitative estimate of drug-likeness (QED) is 0.313. The number of piperidine rings is 1. The molecule has 0 aliphatic carbocycles. The van der Waals surface area contributed by atoms with Crippen molar-refractivity contribution in [1.82, 2.24) is 15.3 Å². The minimum atomic E-state index is -0.147. The topological polar surface area (TPSA) is 97.9 Å². The summed E-state index contributed by atoms with van der Waals surface area (Å²) in [5, 5.41) is 3.80. The maximum absolute atomic E-state index is 12.0. The van der Waals surface area contributed by atoms with Crippen LogP contribution in [0.3, 0.4) is 0 Å². The number of hydrogen-bond acceptors (Lipinski definition) is 6. The molecule has 8 heteroatoms. The first kappa shape index (κ1) is 25.0. The summed E-state index contributed by atoms with van der Waals surface area (Å²) in [6.07, 6.45) is 8.62. The third kappa shape index (κ3) is 4.89. The van der Waals surface area contributed by atoms with Crippen molar-refractivity contribution in [3.05, 3.63) is 87.8 Å². The van der Waals surface area contributed by atoms with Crippen LogP contribution in [0.15, 0.2) is 75.4 Å². The number of aromatic nitrogens is 2. The molecule has 0 bridgehead atoms. The molecule has 204 valence electrons. The van der Waals surface area contributed by atoms with Gasteiger partial charge in [0.05, 0.1) is 29.2 Å². The van der Waals surface area contributed by atoms with Gasteiger partial charge in [-0.05, 0) is 79.0 Å². The van der Waals surface area contributed by atoms with Crippen LogP contribution in [0.2, 0.25) is 0 Å². The molecule has 0 amide bonds. The van der Waals surface area contributed by atoms with Crippen LogP contribution in [0, 0.1) is 0 Å². The molecule has 3 N–H and O–H groups in total. The summed E-state index contributed by atoms with van der Waals surface area (Å²) in [6, 6.07) is 21.9. The number of hydrogen-bond donors (Lipinski definition) is 3. The molecule has 1 aromatic heterocycles. The van der Waals surface area contributed by atoms with Crippen molar-refractivity contribution in [1.29, 1.82) is 0 Å². The second-order valence-electron chi connectivity index (χ2n) is 11.0. The van der Waals surface area contributed by atoms with Crippen LogP contribution in [0.25, 0.3) is 22.2 Å². The van der Waals surface area contributed by atoms with E-state index >= 15 is 0 Å². The summed E-state index contributed by atoms with van der Waals surface area (Å²) in [7, 11) is 0. The van der Waals surface area contributed by atoms with Crippen molar-refractivity contribution >= 4 is 29.4 Å². The summed E-state index contributed by atoms with van der Waals surface area (Å²) in [5.74, 6) is 0.376. The van der Waals surface area contributed by atoms with E-state index in [0.717, 1.165) is 62.0 Å². The molecule has 7 rings (SSSR count). The van der Waals surface area contributed by atoms with Crippen molar-refractivity contribution < 1.29 is 4.74 Å². The zero-order chi connectivity index (χ0) is 26.9. The first-order valence-electron chi connectivity index (χ1n) is 14.3. The van der Waals surface area contributed by atoms with Crippen molar-refractivity contribution in [3.8, 4) is 11.1 Å². The molecule has 3 unspecified atom stereocenters. The third-order valence-corrected chi connectivity index (χ3v) is 8.50. The molecule has 4 heterocycles. The largest absolute Gasteiger partial charge is 0.373 e. The van der Waals surface area contributed by atoms with E-state index in [1.54, 1.807) is 6.34 Å². The maximum atomic E-state index is 12.0. The Hall–Kier alpha value is -4.01. The Balaban J connectivity index is 1.26. The van der Waals surface area contributed by atoms with Gasteiger partial charge in [0.15, 0.2) is 0 Å². The number of H-pyrrole nitrogens is 2. The van der Waals surface area contributed by atoms with Crippen LogP contribution in [-0.2, 0) is 11.2 Å². The van der Waals surface area contributed by atoms with E-state index < -0.39 is 0 Å². The molecule has 4 aromatic rings. The van der Waals surface area contributed by atoms with E-state index in [9.17, 15) is 4.79 Å². The van der Waals surface area contributed by atoms with Gasteiger partial charge in [-0.15, -0.1) is 0 Å². The Morgan fingerprint density at radius 2 is 1.93 bits per heavy atom. The smallest absolute Gasteiger partial charge is 0.323 e. The number of benzene rings is 3. The average molecular weight is 535 g/mol. The summed E-state index contributed by atoms with van der Waals surface area (Å²) in [6.45, 7) is 2.29. The van der Waals surface area contributed by atoms with E-state index in [-0.39, 0.29) is 11.8 Å². The van der Waals surface area contributed by atoms with Gasteiger partial charge in [-0.25, -0.2) is 9.79 Å². The summed E-state index contributed by atoms with van der Waals surface area (Å²) >= 11 is 0. The molecule has 0 saturated carbocycles. The van der Waals surface area contributed by atoms with Gasteiger partial charge in [0.1, 0.15) is 13.0 Å². The summed E-state index contributed by atoms with van der Waals surface area (Å²) in [5.41, 5.74) is 9.01. The van der Waals surface area contributed by atoms with Crippen molar-refractivity contribution in [2.45, 2.75) is 50.2 Å². The van der Waals surface area contributed by atoms with Gasteiger partial charge in [0.2, 0.25) is 0 Å². The van der Waals surface area contributed by atoms with E-state index in [4.69, 9.17) is 4.74 Å². The molecular weight excluding hydrogens is 500 g/mol. The second-order valence-corrected chi connectivity index (χ2v) is 11.0. The fourth-order valence-electron chi connectivity index (χ4n) is 6.62. The predicted molar refractivity (Wildman–Crippen MR) is 161 cm³/mol. The zero-order valence-corrected chi connectivity index (χ0v) is 22.5. The zero-order valence-electron chi connectivity index (χ0n) is 22.5. The van der Waals surface area contributed by atoms with Gasteiger partial charge < -0.3 is 24.9 Å². The number of aromatic amines is 2. The number of anilines is 1. The Morgan fingerprint density at radius 3 is 2.75 bits per heavy atom. The highest BCUT2D eigenvalue weighted by atomic mass is 16.5. The Kier molecular flexibility index (Phi) is 6.79. The number of nitrogens with one attached hydrogen (secondary N) is 3. The predicted octanol–water partition coefficient (Wildman–Crippen LogP) is 5.29. The minimum absolute atomic E-state index is 0.0768. The second kappa shape index (κ2) is 10.9. The molecule has 0 spiro atoms. The molecule has 40 heavy (non-hydrogen) atoms. The van der Waals surface area contributed by atoms with Gasteiger partial charge in [0.25, 0.3) is 0 Å². The van der Waals surface area contributed by atoms with Crippen LogP contribution in [0.5, 0.6) is 0 Å². The van der Waals surface area contributed by atoms with E-state index in [0.29, 0.717) is 18.6 Å². The Morgan fingerprint density at radius 1 is 1.00 bits per heavy atom. The summed E-state index contributed by atoms with van der Waals surface area (Å²) < 4.78 is 6.22. The molecule has 0 radical (unpaired) electrons. The number of para-hydroxylation sites is 1. The molecule has 2 fully saturated rings. The third-order valence-electron chi connectivity index (χ3n) is 8.50. The number of fused-ring (bicyclic) bond motifs is 1. The lowest BCUT2D eigenvalue weighted by Gasteiger charge is -2.32. The molecule has 3 atom stereocenters. The van der Waals surface area contributed by atoms with E-state index in [1.807, 2.05) is 18.5 Å².